The predicted octanol–water partition coefficient (Wildman–Crippen LogP) is 6.20. The summed E-state index contributed by atoms with van der Waals surface area (Å²) in [6.07, 6.45) is 0. The van der Waals surface area contributed by atoms with Crippen LogP contribution in [0.4, 0.5) is 9.52 Å². The lowest BCUT2D eigenvalue weighted by Gasteiger charge is -2.23. The Bertz CT molecular complexity index is 1730. The van der Waals surface area contributed by atoms with Crippen LogP contribution in [0.2, 0.25) is 0 Å². The summed E-state index contributed by atoms with van der Waals surface area (Å²) >= 11 is 2.46. The van der Waals surface area contributed by atoms with Gasteiger partial charge in [0.15, 0.2) is 15.9 Å². The van der Waals surface area contributed by atoms with Gasteiger partial charge in [-0.1, -0.05) is 65.6 Å². The van der Waals surface area contributed by atoms with E-state index in [2.05, 4.69) is 10.2 Å². The third kappa shape index (κ3) is 4.66. The van der Waals surface area contributed by atoms with Crippen LogP contribution in [0.5, 0.6) is 5.75 Å². The average molecular weight is 560 g/mol. The number of benzene rings is 3. The highest BCUT2D eigenvalue weighted by atomic mass is 32.2. The number of thioether (sulfide) groups is 1. The number of furan rings is 1. The summed E-state index contributed by atoms with van der Waals surface area (Å²) in [5.41, 5.74) is 1.57. The first-order valence-corrected chi connectivity index (χ1v) is 13.5. The number of hydrogen-bond acceptors (Lipinski definition) is 9. The molecule has 2 N–H and O–H groups in total. The minimum Gasteiger partial charge on any atom is -0.508 e. The van der Waals surface area contributed by atoms with Gasteiger partial charge in [-0.25, -0.2) is 4.39 Å². The number of anilines is 1. The van der Waals surface area contributed by atoms with Gasteiger partial charge in [0.2, 0.25) is 10.9 Å². The summed E-state index contributed by atoms with van der Waals surface area (Å²) in [5.74, 6) is -2.16. The molecule has 1 amide bonds. The normalized spacial score (nSPS) is 15.5. The first-order valence-electron chi connectivity index (χ1n) is 11.7. The van der Waals surface area contributed by atoms with Gasteiger partial charge in [0, 0.05) is 11.1 Å². The molecule has 0 radical (unpaired) electrons. The van der Waals surface area contributed by atoms with Crippen LogP contribution in [0, 0.1) is 5.82 Å². The van der Waals surface area contributed by atoms with Crippen molar-refractivity contribution in [2.24, 2.45) is 0 Å². The maximum Gasteiger partial charge on any atom is 0.296 e. The van der Waals surface area contributed by atoms with Gasteiger partial charge in [-0.2, -0.15) is 0 Å². The highest BCUT2D eigenvalue weighted by Crippen LogP contribution is 2.44. The second-order valence-corrected chi connectivity index (χ2v) is 10.9. The fraction of sp³-hybridized carbons (Fsp3) is 0.0714. The number of carbonyl (C=O) groups is 2. The van der Waals surface area contributed by atoms with E-state index in [1.54, 1.807) is 54.6 Å². The van der Waals surface area contributed by atoms with Crippen LogP contribution in [-0.2, 0) is 10.5 Å². The molecule has 5 aromatic rings. The zero-order chi connectivity index (χ0) is 27.1. The van der Waals surface area contributed by atoms with E-state index < -0.39 is 23.5 Å². The number of amides is 1. The molecule has 0 bridgehead atoms. The summed E-state index contributed by atoms with van der Waals surface area (Å²) in [6, 6.07) is 19.7. The number of Topliss-reactive ketones (excluding diaryl/α,β-unsaturated/α-hetero) is 1. The number of phenolic OH excluding ortho intramolecular Hbond substituents is 1. The molecule has 0 aliphatic carbocycles. The highest BCUT2D eigenvalue weighted by molar-refractivity contribution is 8.00. The first-order chi connectivity index (χ1) is 18.9. The number of rotatable bonds is 7. The number of nitrogens with zero attached hydrogens (tertiary/aromatic N) is 3. The number of para-hydroxylation sites is 1. The summed E-state index contributed by atoms with van der Waals surface area (Å²) in [6.45, 7) is 0. The molecular formula is C28H18FN3O5S2. The molecule has 1 atom stereocenters. The van der Waals surface area contributed by atoms with Gasteiger partial charge in [0.1, 0.15) is 17.1 Å². The molecule has 1 aliphatic rings. The van der Waals surface area contributed by atoms with E-state index in [0.717, 1.165) is 16.9 Å². The Morgan fingerprint density at radius 2 is 1.82 bits per heavy atom. The lowest BCUT2D eigenvalue weighted by molar-refractivity contribution is -0.117. The molecule has 1 unspecified atom stereocenters. The number of fused-ring (bicyclic) bond motifs is 1. The van der Waals surface area contributed by atoms with Crippen molar-refractivity contribution in [2.45, 2.75) is 16.1 Å². The van der Waals surface area contributed by atoms with E-state index in [-0.39, 0.29) is 28.0 Å². The molecule has 1 aliphatic heterocycles. The van der Waals surface area contributed by atoms with Gasteiger partial charge in [-0.3, -0.25) is 14.5 Å². The van der Waals surface area contributed by atoms with Crippen LogP contribution >= 0.6 is 23.1 Å². The Morgan fingerprint density at radius 3 is 2.59 bits per heavy atom. The monoisotopic (exact) mass is 559 g/mol. The summed E-state index contributed by atoms with van der Waals surface area (Å²) in [7, 11) is 0. The van der Waals surface area contributed by atoms with Crippen LogP contribution in [0.15, 0.2) is 99.0 Å². The van der Waals surface area contributed by atoms with Crippen molar-refractivity contribution < 1.29 is 28.6 Å². The van der Waals surface area contributed by atoms with Crippen LogP contribution in [0.25, 0.3) is 11.0 Å². The van der Waals surface area contributed by atoms with Crippen molar-refractivity contribution in [2.75, 3.05) is 4.90 Å². The standard InChI is InChI=1S/C28H18FN3O5S2/c29-18-10-8-15(9-11-18)14-38-28-31-30-27(39-28)32-23(17-5-3-6-19(33)12-17)22(25(35)26(32)36)24(34)21-13-16-4-1-2-7-20(16)37-21/h1-13,23,33,35H,14H2. The minimum atomic E-state index is -1.09. The minimum absolute atomic E-state index is 0.0367. The molecule has 0 spiro atoms. The number of phenols is 1. The second kappa shape index (κ2) is 10.0. The van der Waals surface area contributed by atoms with Crippen LogP contribution in [0.3, 0.4) is 0 Å². The Morgan fingerprint density at radius 1 is 1.03 bits per heavy atom. The van der Waals surface area contributed by atoms with Crippen LogP contribution in [0.1, 0.15) is 27.7 Å². The molecule has 0 saturated heterocycles. The Kier molecular flexibility index (Phi) is 6.37. The predicted molar refractivity (Wildman–Crippen MR) is 144 cm³/mol. The summed E-state index contributed by atoms with van der Waals surface area (Å²) in [5, 5.41) is 30.3. The van der Waals surface area contributed by atoms with E-state index >= 15 is 0 Å². The van der Waals surface area contributed by atoms with Crippen LogP contribution < -0.4 is 4.90 Å². The Balaban J connectivity index is 1.36. The molecule has 3 aromatic carbocycles. The molecular weight excluding hydrogens is 541 g/mol. The van der Waals surface area contributed by atoms with E-state index in [1.807, 2.05) is 0 Å². The number of halogens is 1. The molecule has 0 fully saturated rings. The van der Waals surface area contributed by atoms with E-state index in [0.29, 0.717) is 26.6 Å². The lowest BCUT2D eigenvalue weighted by Crippen LogP contribution is -2.31. The maximum atomic E-state index is 13.7. The van der Waals surface area contributed by atoms with Gasteiger partial charge < -0.3 is 14.6 Å². The Hall–Kier alpha value is -4.48. The van der Waals surface area contributed by atoms with Gasteiger partial charge >= 0.3 is 0 Å². The van der Waals surface area contributed by atoms with Crippen molar-refractivity contribution >= 4 is 50.9 Å². The second-order valence-electron chi connectivity index (χ2n) is 8.68. The molecule has 11 heteroatoms. The Labute approximate surface area is 229 Å². The zero-order valence-corrected chi connectivity index (χ0v) is 21.6. The fourth-order valence-corrected chi connectivity index (χ4v) is 6.18. The molecule has 3 heterocycles. The topological polar surface area (TPSA) is 117 Å². The smallest absolute Gasteiger partial charge is 0.296 e. The average Bonchev–Trinajstić information content (AvgIpc) is 3.64. The number of aliphatic hydroxyl groups excluding tert-OH is 1. The third-order valence-electron chi connectivity index (χ3n) is 6.17. The molecule has 194 valence electrons. The molecule has 8 nitrogen and oxygen atoms in total. The van der Waals surface area contributed by atoms with Crippen molar-refractivity contribution in [3.63, 3.8) is 0 Å². The van der Waals surface area contributed by atoms with Crippen molar-refractivity contribution in [1.82, 2.24) is 10.2 Å². The summed E-state index contributed by atoms with van der Waals surface area (Å²) in [4.78, 5) is 28.3. The van der Waals surface area contributed by atoms with Crippen molar-refractivity contribution in [3.05, 3.63) is 113 Å². The van der Waals surface area contributed by atoms with E-state index in [4.69, 9.17) is 4.42 Å². The van der Waals surface area contributed by atoms with Crippen LogP contribution in [-0.4, -0.2) is 32.1 Å². The highest BCUT2D eigenvalue weighted by Gasteiger charge is 2.47. The SMILES string of the molecule is O=C(C1=C(O)C(=O)N(c2nnc(SCc3ccc(F)cc3)s2)C1c1cccc(O)c1)c1cc2ccccc2o1. The number of carbonyl (C=O) groups excluding carboxylic acids is 2. The van der Waals surface area contributed by atoms with Gasteiger partial charge in [-0.15, -0.1) is 10.2 Å². The third-order valence-corrected chi connectivity index (χ3v) is 8.29. The number of hydrogen-bond donors (Lipinski definition) is 2. The molecule has 0 saturated carbocycles. The maximum absolute atomic E-state index is 13.7. The fourth-order valence-electron chi connectivity index (χ4n) is 4.36. The van der Waals surface area contributed by atoms with Gasteiger partial charge in [0.05, 0.1) is 11.6 Å². The van der Waals surface area contributed by atoms with Crippen molar-refractivity contribution in [3.8, 4) is 5.75 Å². The first kappa shape index (κ1) is 24.8. The quantitative estimate of drug-likeness (QED) is 0.137. The van der Waals surface area contributed by atoms with Crippen molar-refractivity contribution in [1.29, 1.82) is 0 Å². The number of ketones is 1. The van der Waals surface area contributed by atoms with Gasteiger partial charge in [0.25, 0.3) is 5.91 Å². The number of aliphatic hydroxyl groups is 1. The largest absolute Gasteiger partial charge is 0.508 e. The molecule has 39 heavy (non-hydrogen) atoms. The van der Waals surface area contributed by atoms with E-state index in [1.165, 1.54) is 40.9 Å². The lowest BCUT2D eigenvalue weighted by atomic mass is 9.95. The van der Waals surface area contributed by atoms with Gasteiger partial charge in [-0.05, 0) is 47.5 Å². The molecule has 2 aromatic heterocycles. The van der Waals surface area contributed by atoms with E-state index in [9.17, 15) is 24.2 Å². The number of aromatic hydroxyl groups is 1. The summed E-state index contributed by atoms with van der Waals surface area (Å²) < 4.78 is 19.5. The zero-order valence-electron chi connectivity index (χ0n) is 19.9. The molecule has 6 rings (SSSR count). The number of aromatic nitrogens is 2.